The predicted octanol–water partition coefficient (Wildman–Crippen LogP) is 2.84. The topological polar surface area (TPSA) is 60.4 Å². The minimum absolute atomic E-state index is 0.0124. The zero-order valence-electron chi connectivity index (χ0n) is 11.3. The normalized spacial score (nSPS) is 13.9. The molecule has 0 fully saturated rings. The third-order valence-electron chi connectivity index (χ3n) is 2.33. The fraction of sp³-hybridized carbons (Fsp3) is 0.462. The number of ether oxygens (including phenoxy) is 1. The number of sulfone groups is 1. The molecule has 1 rings (SSSR count). The first-order valence-corrected chi connectivity index (χ1v) is 7.69. The van der Waals surface area contributed by atoms with Crippen LogP contribution in [0.1, 0.15) is 27.7 Å². The Morgan fingerprint density at radius 2 is 1.89 bits per heavy atom. The van der Waals surface area contributed by atoms with Crippen LogP contribution in [0.4, 0.5) is 0 Å². The van der Waals surface area contributed by atoms with Gasteiger partial charge in [-0.25, -0.2) is 8.42 Å². The van der Waals surface area contributed by atoms with Crippen molar-refractivity contribution in [3.8, 4) is 0 Å². The lowest BCUT2D eigenvalue weighted by Crippen LogP contribution is -2.35. The Morgan fingerprint density at radius 1 is 1.32 bits per heavy atom. The van der Waals surface area contributed by atoms with Crippen LogP contribution in [0.2, 0.25) is 5.02 Å². The zero-order valence-corrected chi connectivity index (χ0v) is 12.9. The average Bonchev–Trinajstić information content (AvgIpc) is 2.25. The SMILES string of the molecule is CC(C(=O)OC(C)(C)C)S(=O)(=O)c1cccc(Cl)c1. The third-order valence-corrected chi connectivity index (χ3v) is 4.60. The first kappa shape index (κ1) is 16.0. The van der Waals surface area contributed by atoms with Crippen molar-refractivity contribution in [2.45, 2.75) is 43.4 Å². The van der Waals surface area contributed by atoms with Crippen molar-refractivity contribution in [2.24, 2.45) is 0 Å². The van der Waals surface area contributed by atoms with E-state index in [2.05, 4.69) is 0 Å². The lowest BCUT2D eigenvalue weighted by Gasteiger charge is -2.22. The molecule has 19 heavy (non-hydrogen) atoms. The summed E-state index contributed by atoms with van der Waals surface area (Å²) < 4.78 is 29.6. The molecule has 1 aromatic carbocycles. The minimum Gasteiger partial charge on any atom is -0.459 e. The second kappa shape index (κ2) is 5.51. The second-order valence-corrected chi connectivity index (χ2v) is 7.88. The van der Waals surface area contributed by atoms with Crippen LogP contribution in [0.25, 0.3) is 0 Å². The van der Waals surface area contributed by atoms with Gasteiger partial charge in [-0.3, -0.25) is 4.79 Å². The maximum atomic E-state index is 12.3. The highest BCUT2D eigenvalue weighted by Gasteiger charge is 2.33. The summed E-state index contributed by atoms with van der Waals surface area (Å²) in [7, 11) is -3.79. The fourth-order valence-corrected chi connectivity index (χ4v) is 2.88. The second-order valence-electron chi connectivity index (χ2n) is 5.18. The molecule has 4 nitrogen and oxygen atoms in total. The molecule has 0 N–H and O–H groups in total. The minimum atomic E-state index is -3.79. The molecule has 0 heterocycles. The van der Waals surface area contributed by atoms with Crippen LogP contribution < -0.4 is 0 Å². The molecule has 0 bridgehead atoms. The van der Waals surface area contributed by atoms with E-state index in [1.165, 1.54) is 25.1 Å². The van der Waals surface area contributed by atoms with Gasteiger partial charge in [0.2, 0.25) is 0 Å². The Kier molecular flexibility index (Phi) is 4.63. The molecule has 6 heteroatoms. The molecule has 106 valence electrons. The van der Waals surface area contributed by atoms with Crippen LogP contribution >= 0.6 is 11.6 Å². The van der Waals surface area contributed by atoms with Gasteiger partial charge < -0.3 is 4.74 Å². The molecule has 1 unspecified atom stereocenters. The third kappa shape index (κ3) is 4.21. The van der Waals surface area contributed by atoms with E-state index in [4.69, 9.17) is 16.3 Å². The molecule has 0 saturated carbocycles. The number of carbonyl (C=O) groups excluding carboxylic acids is 1. The molecule has 0 aromatic heterocycles. The maximum absolute atomic E-state index is 12.3. The van der Waals surface area contributed by atoms with E-state index in [9.17, 15) is 13.2 Å². The number of carbonyl (C=O) groups is 1. The van der Waals surface area contributed by atoms with Crippen molar-refractivity contribution in [1.29, 1.82) is 0 Å². The molecule has 0 amide bonds. The lowest BCUT2D eigenvalue weighted by molar-refractivity contribution is -0.153. The van der Waals surface area contributed by atoms with Crippen LogP contribution in [0.15, 0.2) is 29.2 Å². The molecular weight excluding hydrogens is 288 g/mol. The van der Waals surface area contributed by atoms with Gasteiger partial charge in [0.15, 0.2) is 15.1 Å². The van der Waals surface area contributed by atoms with E-state index in [-0.39, 0.29) is 4.90 Å². The lowest BCUT2D eigenvalue weighted by atomic mass is 10.2. The van der Waals surface area contributed by atoms with Gasteiger partial charge in [0.05, 0.1) is 4.90 Å². The van der Waals surface area contributed by atoms with Gasteiger partial charge in [-0.15, -0.1) is 0 Å². The van der Waals surface area contributed by atoms with Crippen LogP contribution in [0.3, 0.4) is 0 Å². The number of esters is 1. The van der Waals surface area contributed by atoms with E-state index in [1.54, 1.807) is 26.8 Å². The summed E-state index contributed by atoms with van der Waals surface area (Å²) in [4.78, 5) is 11.8. The summed E-state index contributed by atoms with van der Waals surface area (Å²) in [5.74, 6) is -0.771. The van der Waals surface area contributed by atoms with Gasteiger partial charge in [-0.2, -0.15) is 0 Å². The first-order chi connectivity index (χ1) is 8.54. The molecule has 1 aromatic rings. The van der Waals surface area contributed by atoms with Crippen molar-refractivity contribution in [3.63, 3.8) is 0 Å². The van der Waals surface area contributed by atoms with Gasteiger partial charge in [-0.1, -0.05) is 17.7 Å². The Balaban J connectivity index is 3.04. The van der Waals surface area contributed by atoms with E-state index >= 15 is 0 Å². The standard InChI is InChI=1S/C13H17ClO4S/c1-9(12(15)18-13(2,3)4)19(16,17)11-7-5-6-10(14)8-11/h5-9H,1-4H3. The van der Waals surface area contributed by atoms with Crippen LogP contribution in [-0.2, 0) is 19.4 Å². The largest absolute Gasteiger partial charge is 0.459 e. The molecule has 0 aliphatic rings. The summed E-state index contributed by atoms with van der Waals surface area (Å²) in [6, 6.07) is 5.82. The highest BCUT2D eigenvalue weighted by Crippen LogP contribution is 2.21. The van der Waals surface area contributed by atoms with Crippen molar-refractivity contribution in [3.05, 3.63) is 29.3 Å². The number of rotatable bonds is 3. The maximum Gasteiger partial charge on any atom is 0.324 e. The molecular formula is C13H17ClO4S. The number of hydrogen-bond acceptors (Lipinski definition) is 4. The summed E-state index contributed by atoms with van der Waals surface area (Å²) in [6.07, 6.45) is 0. The fourth-order valence-electron chi connectivity index (χ4n) is 1.36. The Bertz CT molecular complexity index is 573. The van der Waals surface area contributed by atoms with E-state index in [1.807, 2.05) is 0 Å². The highest BCUT2D eigenvalue weighted by molar-refractivity contribution is 7.92. The molecule has 1 atom stereocenters. The molecule has 0 saturated heterocycles. The van der Waals surface area contributed by atoms with Crippen molar-refractivity contribution < 1.29 is 17.9 Å². The Labute approximate surface area is 118 Å². The van der Waals surface area contributed by atoms with Crippen molar-refractivity contribution >= 4 is 27.4 Å². The van der Waals surface area contributed by atoms with Gasteiger partial charge >= 0.3 is 5.97 Å². The van der Waals surface area contributed by atoms with Crippen molar-refractivity contribution in [1.82, 2.24) is 0 Å². The van der Waals surface area contributed by atoms with Crippen molar-refractivity contribution in [2.75, 3.05) is 0 Å². The highest BCUT2D eigenvalue weighted by atomic mass is 35.5. The Hall–Kier alpha value is -1.07. The van der Waals surface area contributed by atoms with E-state index < -0.39 is 26.7 Å². The monoisotopic (exact) mass is 304 g/mol. The Morgan fingerprint density at radius 3 is 2.37 bits per heavy atom. The van der Waals surface area contributed by atoms with Crippen LogP contribution in [0, 0.1) is 0 Å². The summed E-state index contributed by atoms with van der Waals surface area (Å²) >= 11 is 5.76. The van der Waals surface area contributed by atoms with Gasteiger partial charge in [0, 0.05) is 5.02 Å². The predicted molar refractivity (Wildman–Crippen MR) is 73.9 cm³/mol. The molecule has 0 spiro atoms. The van der Waals surface area contributed by atoms with E-state index in [0.29, 0.717) is 5.02 Å². The van der Waals surface area contributed by atoms with E-state index in [0.717, 1.165) is 0 Å². The number of hydrogen-bond donors (Lipinski definition) is 0. The number of halogens is 1. The summed E-state index contributed by atoms with van der Waals surface area (Å²) in [5.41, 5.74) is -0.727. The van der Waals surface area contributed by atoms with Gasteiger partial charge in [-0.05, 0) is 45.9 Å². The quantitative estimate of drug-likeness (QED) is 0.806. The zero-order chi connectivity index (χ0) is 14.8. The van der Waals surface area contributed by atoms with Gasteiger partial charge in [0.1, 0.15) is 5.60 Å². The summed E-state index contributed by atoms with van der Waals surface area (Å²) in [5, 5.41) is -0.970. The first-order valence-electron chi connectivity index (χ1n) is 5.76. The van der Waals surface area contributed by atoms with Crippen LogP contribution in [-0.4, -0.2) is 25.2 Å². The average molecular weight is 305 g/mol. The van der Waals surface area contributed by atoms with Gasteiger partial charge in [0.25, 0.3) is 0 Å². The summed E-state index contributed by atoms with van der Waals surface area (Å²) in [6.45, 7) is 6.36. The molecule has 0 radical (unpaired) electrons. The number of benzene rings is 1. The smallest absolute Gasteiger partial charge is 0.324 e. The molecule has 0 aliphatic heterocycles. The molecule has 0 aliphatic carbocycles. The van der Waals surface area contributed by atoms with Crippen LogP contribution in [0.5, 0.6) is 0 Å².